The van der Waals surface area contributed by atoms with E-state index in [2.05, 4.69) is 42.6 Å². The van der Waals surface area contributed by atoms with Gasteiger partial charge in [-0.1, -0.05) is 59.8 Å². The van der Waals surface area contributed by atoms with Gasteiger partial charge in [0.25, 0.3) is 0 Å². The van der Waals surface area contributed by atoms with Gasteiger partial charge in [0.1, 0.15) is 17.9 Å². The monoisotopic (exact) mass is 498 g/mol. The topological polar surface area (TPSA) is 70.4 Å². The van der Waals surface area contributed by atoms with Crippen LogP contribution in [0.2, 0.25) is 0 Å². The van der Waals surface area contributed by atoms with Crippen LogP contribution in [0.1, 0.15) is 34.4 Å². The fourth-order valence-corrected chi connectivity index (χ4v) is 5.30. The number of benzene rings is 3. The van der Waals surface area contributed by atoms with Crippen molar-refractivity contribution >= 4 is 23.4 Å². The minimum Gasteiger partial charge on any atom is -0.493 e. The third-order valence-electron chi connectivity index (χ3n) is 6.62. The molecule has 8 heteroatoms. The number of aryl methyl sites for hydroxylation is 1. The minimum absolute atomic E-state index is 0.275. The first-order valence-electron chi connectivity index (χ1n) is 11.7. The van der Waals surface area contributed by atoms with E-state index in [1.54, 1.807) is 14.2 Å². The Kier molecular flexibility index (Phi) is 5.60. The molecule has 0 amide bonds. The van der Waals surface area contributed by atoms with Crippen molar-refractivity contribution in [2.45, 2.75) is 24.2 Å². The fourth-order valence-electron chi connectivity index (χ4n) is 4.96. The van der Waals surface area contributed by atoms with Crippen molar-refractivity contribution in [1.82, 2.24) is 14.8 Å². The van der Waals surface area contributed by atoms with Crippen LogP contribution in [0, 0.1) is 6.92 Å². The third kappa shape index (κ3) is 3.60. The van der Waals surface area contributed by atoms with Crippen molar-refractivity contribution in [2.75, 3.05) is 25.8 Å². The van der Waals surface area contributed by atoms with E-state index in [1.807, 2.05) is 47.3 Å². The highest BCUT2D eigenvalue weighted by Gasteiger charge is 2.41. The summed E-state index contributed by atoms with van der Waals surface area (Å²) in [6.45, 7) is 2.09. The van der Waals surface area contributed by atoms with Crippen molar-refractivity contribution in [1.29, 1.82) is 0 Å². The van der Waals surface area contributed by atoms with Crippen LogP contribution in [-0.2, 0) is 0 Å². The molecular formula is C28H26N4O3S. The van der Waals surface area contributed by atoms with Crippen LogP contribution in [0.4, 0.5) is 5.95 Å². The largest absolute Gasteiger partial charge is 0.493 e. The second kappa shape index (κ2) is 8.95. The van der Waals surface area contributed by atoms with E-state index in [-0.39, 0.29) is 12.1 Å². The number of thioether (sulfide) groups is 1. The lowest BCUT2D eigenvalue weighted by Gasteiger charge is -2.39. The maximum absolute atomic E-state index is 6.72. The van der Waals surface area contributed by atoms with Crippen molar-refractivity contribution in [3.8, 4) is 17.2 Å². The smallest absolute Gasteiger partial charge is 0.227 e. The van der Waals surface area contributed by atoms with Crippen molar-refractivity contribution in [3.05, 3.63) is 94.6 Å². The summed E-state index contributed by atoms with van der Waals surface area (Å²) in [6, 6.07) is 22.3. The average molecular weight is 499 g/mol. The molecule has 1 N–H and O–H groups in total. The zero-order chi connectivity index (χ0) is 24.8. The Balaban J connectivity index is 1.64. The minimum atomic E-state index is -0.322. The molecule has 0 unspecified atom stereocenters. The Morgan fingerprint density at radius 2 is 1.75 bits per heavy atom. The van der Waals surface area contributed by atoms with Gasteiger partial charge in [0, 0.05) is 11.1 Å². The van der Waals surface area contributed by atoms with E-state index >= 15 is 0 Å². The summed E-state index contributed by atoms with van der Waals surface area (Å²) in [4.78, 5) is 4.78. The van der Waals surface area contributed by atoms with Crippen LogP contribution >= 0.6 is 11.8 Å². The predicted molar refractivity (Wildman–Crippen MR) is 141 cm³/mol. The summed E-state index contributed by atoms with van der Waals surface area (Å²) in [5, 5.41) is 9.17. The molecule has 36 heavy (non-hydrogen) atoms. The van der Waals surface area contributed by atoms with E-state index in [0.717, 1.165) is 39.3 Å². The lowest BCUT2D eigenvalue weighted by atomic mass is 9.84. The predicted octanol–water partition coefficient (Wildman–Crippen LogP) is 5.89. The van der Waals surface area contributed by atoms with Gasteiger partial charge in [-0.3, -0.25) is 0 Å². The van der Waals surface area contributed by atoms with Gasteiger partial charge in [0.2, 0.25) is 11.1 Å². The Morgan fingerprint density at radius 1 is 0.944 bits per heavy atom. The van der Waals surface area contributed by atoms with Gasteiger partial charge in [-0.2, -0.15) is 4.98 Å². The Bertz CT molecular complexity index is 1480. The number of hydrogen-bond acceptors (Lipinski definition) is 7. The molecule has 182 valence electrons. The first-order valence-corrected chi connectivity index (χ1v) is 12.9. The Labute approximate surface area is 214 Å². The van der Waals surface area contributed by atoms with Crippen LogP contribution in [0.3, 0.4) is 0 Å². The molecule has 0 saturated carbocycles. The number of aromatic nitrogens is 3. The molecule has 1 aromatic heterocycles. The van der Waals surface area contributed by atoms with E-state index in [9.17, 15) is 0 Å². The number of ether oxygens (including phenoxy) is 3. The van der Waals surface area contributed by atoms with Crippen LogP contribution in [0.25, 0.3) is 5.70 Å². The number of rotatable bonds is 5. The zero-order valence-corrected chi connectivity index (χ0v) is 21.3. The van der Waals surface area contributed by atoms with Crippen LogP contribution < -0.4 is 19.5 Å². The van der Waals surface area contributed by atoms with Crippen LogP contribution in [-0.4, -0.2) is 35.2 Å². The van der Waals surface area contributed by atoms with Gasteiger partial charge in [-0.25, -0.2) is 4.68 Å². The molecule has 0 saturated heterocycles. The number of methoxy groups -OCH3 is 2. The molecule has 0 fully saturated rings. The molecule has 0 bridgehead atoms. The summed E-state index contributed by atoms with van der Waals surface area (Å²) in [5.41, 5.74) is 6.31. The number of nitrogens with zero attached hydrogens (tertiary/aromatic N) is 3. The third-order valence-corrected chi connectivity index (χ3v) is 7.15. The van der Waals surface area contributed by atoms with Gasteiger partial charge < -0.3 is 19.5 Å². The van der Waals surface area contributed by atoms with Gasteiger partial charge in [0.05, 0.1) is 19.9 Å². The molecule has 2 aliphatic heterocycles. The van der Waals surface area contributed by atoms with E-state index < -0.39 is 0 Å². The number of fused-ring (bicyclic) bond motifs is 3. The maximum Gasteiger partial charge on any atom is 0.227 e. The number of hydrogen-bond donors (Lipinski definition) is 1. The molecule has 3 aromatic carbocycles. The first-order chi connectivity index (χ1) is 17.6. The molecule has 0 radical (unpaired) electrons. The van der Waals surface area contributed by atoms with E-state index in [1.165, 1.54) is 11.8 Å². The lowest BCUT2D eigenvalue weighted by molar-refractivity contribution is 0.222. The highest BCUT2D eigenvalue weighted by molar-refractivity contribution is 7.98. The normalized spacial score (nSPS) is 17.9. The summed E-state index contributed by atoms with van der Waals surface area (Å²) < 4.78 is 19.9. The van der Waals surface area contributed by atoms with Gasteiger partial charge >= 0.3 is 0 Å². The quantitative estimate of drug-likeness (QED) is 0.344. The molecule has 0 aliphatic carbocycles. The highest BCUT2D eigenvalue weighted by atomic mass is 32.2. The molecular weight excluding hydrogens is 472 g/mol. The molecule has 6 rings (SSSR count). The Hall–Kier alpha value is -3.91. The molecule has 2 aliphatic rings. The fraction of sp³-hybridized carbons (Fsp3) is 0.214. The van der Waals surface area contributed by atoms with E-state index in [4.69, 9.17) is 24.3 Å². The summed E-state index contributed by atoms with van der Waals surface area (Å²) in [5.74, 6) is 2.86. The summed E-state index contributed by atoms with van der Waals surface area (Å²) in [7, 11) is 3.29. The standard InChI is InChI=1S/C28H26N4O3S/c1-16-10-12-20-19(14-16)24-23(26(35-20)17-8-6-5-7-9-17)25(32-27(29-24)30-28(31-32)36-4)18-11-13-21(33-2)22(15-18)34-3/h5-15,25-26H,1-4H3,(H,29,30,31)/t25-,26-/m1/s1. The first kappa shape index (κ1) is 22.5. The van der Waals surface area contributed by atoms with Gasteiger partial charge in [-0.05, 0) is 48.6 Å². The van der Waals surface area contributed by atoms with Gasteiger partial charge in [-0.15, -0.1) is 5.10 Å². The van der Waals surface area contributed by atoms with Crippen LogP contribution in [0.15, 0.2) is 77.5 Å². The maximum atomic E-state index is 6.72. The van der Waals surface area contributed by atoms with Crippen LogP contribution in [0.5, 0.6) is 17.2 Å². The van der Waals surface area contributed by atoms with Crippen molar-refractivity contribution in [2.24, 2.45) is 0 Å². The molecule has 3 heterocycles. The van der Waals surface area contributed by atoms with Crippen molar-refractivity contribution < 1.29 is 14.2 Å². The average Bonchev–Trinajstić information content (AvgIpc) is 3.34. The Morgan fingerprint density at radius 3 is 2.50 bits per heavy atom. The summed E-state index contributed by atoms with van der Waals surface area (Å²) >= 11 is 1.51. The second-order valence-corrected chi connectivity index (χ2v) is 9.52. The number of nitrogens with one attached hydrogen (secondary N) is 1. The zero-order valence-electron chi connectivity index (χ0n) is 20.5. The van der Waals surface area contributed by atoms with Crippen molar-refractivity contribution in [3.63, 3.8) is 0 Å². The molecule has 7 nitrogen and oxygen atoms in total. The molecule has 0 spiro atoms. The summed E-state index contributed by atoms with van der Waals surface area (Å²) in [6.07, 6.45) is 1.66. The number of anilines is 1. The lowest BCUT2D eigenvalue weighted by Crippen LogP contribution is -2.32. The van der Waals surface area contributed by atoms with Gasteiger partial charge in [0.15, 0.2) is 11.5 Å². The highest BCUT2D eigenvalue weighted by Crippen LogP contribution is 2.51. The van der Waals surface area contributed by atoms with E-state index in [0.29, 0.717) is 22.6 Å². The SMILES string of the molecule is COc1ccc([C@@H]2C3=C(Nc4nc(SC)nn42)c2cc(C)ccc2O[C@@H]3c2ccccc2)cc1OC. The second-order valence-electron chi connectivity index (χ2n) is 8.75. The molecule has 4 aromatic rings. The molecule has 2 atom stereocenters.